The first-order valence-electron chi connectivity index (χ1n) is 6.16. The second-order valence-electron chi connectivity index (χ2n) is 4.84. The molecule has 2 aromatic rings. The number of benzene rings is 1. The predicted octanol–water partition coefficient (Wildman–Crippen LogP) is 5.53. The molecule has 1 aromatic carbocycles. The van der Waals surface area contributed by atoms with E-state index < -0.39 is 0 Å². The zero-order valence-corrected chi connectivity index (χ0v) is 12.5. The van der Waals surface area contributed by atoms with Gasteiger partial charge in [-0.1, -0.05) is 29.8 Å². The highest BCUT2D eigenvalue weighted by Crippen LogP contribution is 2.40. The lowest BCUT2D eigenvalue weighted by atomic mass is 10.0. The van der Waals surface area contributed by atoms with Crippen LogP contribution in [-0.4, -0.2) is 0 Å². The van der Waals surface area contributed by atoms with Gasteiger partial charge in [-0.3, -0.25) is 0 Å². The van der Waals surface area contributed by atoms with Crippen molar-refractivity contribution in [2.75, 3.05) is 0 Å². The Morgan fingerprint density at radius 2 is 2.00 bits per heavy atom. The van der Waals surface area contributed by atoms with Crippen molar-refractivity contribution in [2.24, 2.45) is 0 Å². The van der Waals surface area contributed by atoms with E-state index in [9.17, 15) is 0 Å². The molecule has 0 nitrogen and oxygen atoms in total. The normalized spacial score (nSPS) is 15.7. The summed E-state index contributed by atoms with van der Waals surface area (Å²) < 4.78 is 0. The van der Waals surface area contributed by atoms with Gasteiger partial charge in [-0.05, 0) is 53.8 Å². The summed E-state index contributed by atoms with van der Waals surface area (Å²) in [6.45, 7) is 2.02. The van der Waals surface area contributed by atoms with E-state index in [1.807, 2.05) is 6.92 Å². The van der Waals surface area contributed by atoms with E-state index in [2.05, 4.69) is 23.6 Å². The Bertz CT molecular complexity index is 586. The summed E-state index contributed by atoms with van der Waals surface area (Å²) >= 11 is 14.5. The van der Waals surface area contributed by atoms with Gasteiger partial charge in [-0.2, -0.15) is 0 Å². The predicted molar refractivity (Wildman–Crippen MR) is 80.2 cm³/mol. The topological polar surface area (TPSA) is 0 Å². The van der Waals surface area contributed by atoms with Crippen LogP contribution < -0.4 is 0 Å². The minimum absolute atomic E-state index is 0.123. The Labute approximate surface area is 122 Å². The first-order chi connectivity index (χ1) is 8.66. The van der Waals surface area contributed by atoms with Crippen molar-refractivity contribution in [3.8, 4) is 0 Å². The average Bonchev–Trinajstić information content (AvgIpc) is 2.96. The molecule has 0 amide bonds. The molecular weight excluding hydrogens is 283 g/mol. The third-order valence-electron chi connectivity index (χ3n) is 3.57. The van der Waals surface area contributed by atoms with Gasteiger partial charge in [0.15, 0.2) is 0 Å². The molecule has 18 heavy (non-hydrogen) atoms. The number of aryl methyl sites for hydroxylation is 3. The Morgan fingerprint density at radius 3 is 2.72 bits per heavy atom. The van der Waals surface area contributed by atoms with Gasteiger partial charge in [0.05, 0.1) is 10.4 Å². The van der Waals surface area contributed by atoms with E-state index in [0.29, 0.717) is 0 Å². The van der Waals surface area contributed by atoms with E-state index in [1.165, 1.54) is 36.0 Å². The van der Waals surface area contributed by atoms with E-state index in [1.54, 1.807) is 11.3 Å². The molecule has 1 atom stereocenters. The molecule has 1 aromatic heterocycles. The molecule has 0 spiro atoms. The van der Waals surface area contributed by atoms with Crippen molar-refractivity contribution in [1.29, 1.82) is 0 Å². The summed E-state index contributed by atoms with van der Waals surface area (Å²) in [5.41, 5.74) is 5.23. The number of hydrogen-bond acceptors (Lipinski definition) is 1. The molecule has 0 bridgehead atoms. The number of thiophene rings is 1. The quantitative estimate of drug-likeness (QED) is 0.640. The second kappa shape index (κ2) is 4.88. The van der Waals surface area contributed by atoms with E-state index in [4.69, 9.17) is 23.2 Å². The van der Waals surface area contributed by atoms with Gasteiger partial charge in [0.2, 0.25) is 0 Å². The van der Waals surface area contributed by atoms with Crippen LogP contribution in [0.2, 0.25) is 5.02 Å². The van der Waals surface area contributed by atoms with Crippen molar-refractivity contribution < 1.29 is 0 Å². The van der Waals surface area contributed by atoms with Gasteiger partial charge < -0.3 is 0 Å². The van der Waals surface area contributed by atoms with Crippen molar-refractivity contribution in [3.05, 3.63) is 55.7 Å². The van der Waals surface area contributed by atoms with Gasteiger partial charge in [-0.15, -0.1) is 22.9 Å². The standard InChI is InChI=1S/C15H14Cl2S/c1-9-8-18-15(13(9)16)14(17)12-6-5-10-3-2-4-11(10)7-12/h5-8,14H,2-4H2,1H3. The summed E-state index contributed by atoms with van der Waals surface area (Å²) in [7, 11) is 0. The van der Waals surface area contributed by atoms with Crippen LogP contribution in [0.25, 0.3) is 0 Å². The van der Waals surface area contributed by atoms with Gasteiger partial charge in [0.25, 0.3) is 0 Å². The van der Waals surface area contributed by atoms with Crippen molar-refractivity contribution in [1.82, 2.24) is 0 Å². The number of fused-ring (bicyclic) bond motifs is 1. The summed E-state index contributed by atoms with van der Waals surface area (Å²) in [6, 6.07) is 6.62. The zero-order valence-electron chi connectivity index (χ0n) is 10.2. The molecule has 1 heterocycles. The Morgan fingerprint density at radius 1 is 1.22 bits per heavy atom. The van der Waals surface area contributed by atoms with Gasteiger partial charge in [0.1, 0.15) is 0 Å². The zero-order chi connectivity index (χ0) is 12.7. The highest BCUT2D eigenvalue weighted by atomic mass is 35.5. The van der Waals surface area contributed by atoms with Gasteiger partial charge in [0, 0.05) is 4.88 Å². The third kappa shape index (κ3) is 2.09. The van der Waals surface area contributed by atoms with Gasteiger partial charge >= 0.3 is 0 Å². The fourth-order valence-corrected chi connectivity index (χ4v) is 4.28. The molecule has 1 aliphatic rings. The maximum atomic E-state index is 6.58. The summed E-state index contributed by atoms with van der Waals surface area (Å²) in [4.78, 5) is 1.06. The minimum atomic E-state index is -0.123. The SMILES string of the molecule is Cc1csc(C(Cl)c2ccc3c(c2)CCC3)c1Cl. The largest absolute Gasteiger partial charge is 0.145 e. The molecule has 3 heteroatoms. The first kappa shape index (κ1) is 12.5. The van der Waals surface area contributed by atoms with Crippen LogP contribution in [0, 0.1) is 6.92 Å². The Hall–Kier alpha value is -0.500. The summed E-state index contributed by atoms with van der Waals surface area (Å²) in [5, 5.41) is 2.77. The Balaban J connectivity index is 1.97. The van der Waals surface area contributed by atoms with Crippen LogP contribution in [-0.2, 0) is 12.8 Å². The molecule has 1 aliphatic carbocycles. The summed E-state index contributed by atoms with van der Waals surface area (Å²) in [5.74, 6) is 0. The van der Waals surface area contributed by atoms with Crippen molar-refractivity contribution in [2.45, 2.75) is 31.6 Å². The maximum absolute atomic E-state index is 6.58. The highest BCUT2D eigenvalue weighted by Gasteiger charge is 2.19. The average molecular weight is 297 g/mol. The number of alkyl halides is 1. The van der Waals surface area contributed by atoms with E-state index in [-0.39, 0.29) is 5.38 Å². The Kier molecular flexibility index (Phi) is 3.40. The number of hydrogen-bond donors (Lipinski definition) is 0. The number of rotatable bonds is 2. The van der Waals surface area contributed by atoms with E-state index >= 15 is 0 Å². The van der Waals surface area contributed by atoms with Crippen LogP contribution in [0.3, 0.4) is 0 Å². The molecule has 0 fully saturated rings. The molecule has 0 N–H and O–H groups in total. The monoisotopic (exact) mass is 296 g/mol. The van der Waals surface area contributed by atoms with Crippen LogP contribution in [0.15, 0.2) is 23.6 Å². The highest BCUT2D eigenvalue weighted by molar-refractivity contribution is 7.11. The minimum Gasteiger partial charge on any atom is -0.145 e. The van der Waals surface area contributed by atoms with Crippen LogP contribution >= 0.6 is 34.5 Å². The van der Waals surface area contributed by atoms with Crippen LogP contribution in [0.1, 0.15) is 38.9 Å². The van der Waals surface area contributed by atoms with Gasteiger partial charge in [-0.25, -0.2) is 0 Å². The van der Waals surface area contributed by atoms with Crippen molar-refractivity contribution >= 4 is 34.5 Å². The molecule has 0 radical (unpaired) electrons. The summed E-state index contributed by atoms with van der Waals surface area (Å²) in [6.07, 6.45) is 3.66. The third-order valence-corrected chi connectivity index (χ3v) is 5.95. The van der Waals surface area contributed by atoms with Crippen LogP contribution in [0.5, 0.6) is 0 Å². The molecule has 0 saturated carbocycles. The lowest BCUT2D eigenvalue weighted by Crippen LogP contribution is -1.93. The lowest BCUT2D eigenvalue weighted by molar-refractivity contribution is 0.911. The fraction of sp³-hybridized carbons (Fsp3) is 0.333. The molecule has 0 aliphatic heterocycles. The molecule has 3 rings (SSSR count). The molecule has 0 saturated heterocycles. The molecule has 94 valence electrons. The second-order valence-corrected chi connectivity index (χ2v) is 6.57. The molecular formula is C15H14Cl2S. The van der Waals surface area contributed by atoms with E-state index in [0.717, 1.165) is 15.5 Å². The fourth-order valence-electron chi connectivity index (χ4n) is 2.52. The van der Waals surface area contributed by atoms with Crippen molar-refractivity contribution in [3.63, 3.8) is 0 Å². The maximum Gasteiger partial charge on any atom is 0.0942 e. The first-order valence-corrected chi connectivity index (χ1v) is 7.85. The number of halogens is 2. The lowest BCUT2D eigenvalue weighted by Gasteiger charge is -2.11. The smallest absolute Gasteiger partial charge is 0.0942 e. The van der Waals surface area contributed by atoms with Crippen LogP contribution in [0.4, 0.5) is 0 Å². The molecule has 1 unspecified atom stereocenters.